The lowest BCUT2D eigenvalue weighted by atomic mass is 10.00. The summed E-state index contributed by atoms with van der Waals surface area (Å²) in [7, 11) is 0. The fourth-order valence-corrected chi connectivity index (χ4v) is 5.51. The number of furan rings is 1. The Hall–Kier alpha value is -2.64. The van der Waals surface area contributed by atoms with Crippen LogP contribution in [0.2, 0.25) is 0 Å². The largest absolute Gasteiger partial charge is 0.449 e. The van der Waals surface area contributed by atoms with E-state index in [1.807, 2.05) is 30.3 Å². The highest BCUT2D eigenvalue weighted by molar-refractivity contribution is 7.14. The molecule has 0 atom stereocenters. The van der Waals surface area contributed by atoms with E-state index < -0.39 is 0 Å². The monoisotopic (exact) mass is 438 g/mol. The summed E-state index contributed by atoms with van der Waals surface area (Å²) >= 11 is 1.58. The third kappa shape index (κ3) is 4.12. The van der Waals surface area contributed by atoms with Crippen LogP contribution in [0.4, 0.5) is 5.69 Å². The van der Waals surface area contributed by atoms with Crippen molar-refractivity contribution >= 4 is 39.8 Å². The highest BCUT2D eigenvalue weighted by Gasteiger charge is 2.28. The summed E-state index contributed by atoms with van der Waals surface area (Å²) in [5.41, 5.74) is 2.35. The van der Waals surface area contributed by atoms with Crippen LogP contribution >= 0.6 is 11.3 Å². The number of fused-ring (bicyclic) bond motifs is 2. The number of anilines is 1. The zero-order valence-corrected chi connectivity index (χ0v) is 18.3. The number of carbonyl (C=O) groups excluding carboxylic acids is 2. The van der Waals surface area contributed by atoms with Gasteiger partial charge < -0.3 is 19.4 Å². The van der Waals surface area contributed by atoms with Crippen molar-refractivity contribution in [3.8, 4) is 0 Å². The van der Waals surface area contributed by atoms with Crippen LogP contribution < -0.4 is 5.32 Å². The van der Waals surface area contributed by atoms with E-state index >= 15 is 0 Å². The maximum Gasteiger partial charge on any atom is 0.291 e. The molecule has 31 heavy (non-hydrogen) atoms. The van der Waals surface area contributed by atoms with Gasteiger partial charge in [-0.3, -0.25) is 9.59 Å². The van der Waals surface area contributed by atoms with Crippen molar-refractivity contribution in [3.63, 3.8) is 0 Å². The molecule has 5 rings (SSSR count). The zero-order valence-electron chi connectivity index (χ0n) is 17.4. The molecule has 2 aromatic heterocycles. The molecule has 0 bridgehead atoms. The van der Waals surface area contributed by atoms with Crippen molar-refractivity contribution < 1.29 is 18.7 Å². The molecule has 1 fully saturated rings. The summed E-state index contributed by atoms with van der Waals surface area (Å²) in [4.78, 5) is 30.1. The van der Waals surface area contributed by atoms with Crippen LogP contribution in [0.5, 0.6) is 0 Å². The first-order valence-electron chi connectivity index (χ1n) is 11.0. The fourth-order valence-electron chi connectivity index (χ4n) is 4.36. The zero-order chi connectivity index (χ0) is 21.2. The van der Waals surface area contributed by atoms with Crippen molar-refractivity contribution in [1.82, 2.24) is 4.90 Å². The summed E-state index contributed by atoms with van der Waals surface area (Å²) in [6, 6.07) is 9.47. The maximum atomic E-state index is 13.2. The number of morpholine rings is 1. The number of amides is 2. The number of hydrogen-bond donors (Lipinski definition) is 1. The average molecular weight is 439 g/mol. The number of rotatable bonds is 3. The SMILES string of the molecule is O=C(Nc1c(C(=O)N2CCOCC2)oc2ccccc12)c1cc2c(s1)CCCCCC2. The Balaban J connectivity index is 1.46. The molecule has 0 spiro atoms. The molecule has 3 heterocycles. The van der Waals surface area contributed by atoms with Gasteiger partial charge in [-0.1, -0.05) is 25.0 Å². The molecular formula is C24H26N2O4S. The van der Waals surface area contributed by atoms with Gasteiger partial charge in [0.15, 0.2) is 0 Å². The smallest absolute Gasteiger partial charge is 0.291 e. The first-order valence-corrected chi connectivity index (χ1v) is 11.8. The number of nitrogens with zero attached hydrogens (tertiary/aromatic N) is 1. The van der Waals surface area contributed by atoms with E-state index in [0.29, 0.717) is 42.5 Å². The highest BCUT2D eigenvalue weighted by atomic mass is 32.1. The second-order valence-electron chi connectivity index (χ2n) is 8.13. The lowest BCUT2D eigenvalue weighted by molar-refractivity contribution is 0.0285. The maximum absolute atomic E-state index is 13.2. The molecule has 0 unspecified atom stereocenters. The van der Waals surface area contributed by atoms with Gasteiger partial charge in [-0.15, -0.1) is 11.3 Å². The van der Waals surface area contributed by atoms with Gasteiger partial charge in [0.25, 0.3) is 11.8 Å². The van der Waals surface area contributed by atoms with E-state index in [1.54, 1.807) is 16.2 Å². The fraction of sp³-hybridized carbons (Fsp3) is 0.417. The molecule has 1 aliphatic carbocycles. The van der Waals surface area contributed by atoms with E-state index in [4.69, 9.17) is 9.15 Å². The Morgan fingerprint density at radius 3 is 2.61 bits per heavy atom. The van der Waals surface area contributed by atoms with Gasteiger partial charge in [0, 0.05) is 23.4 Å². The number of ether oxygens (including phenoxy) is 1. The van der Waals surface area contributed by atoms with E-state index in [2.05, 4.69) is 5.32 Å². The van der Waals surface area contributed by atoms with Crippen LogP contribution in [0.1, 0.15) is 56.4 Å². The quantitative estimate of drug-likeness (QED) is 0.633. The van der Waals surface area contributed by atoms with E-state index in [9.17, 15) is 9.59 Å². The molecule has 1 aromatic carbocycles. The van der Waals surface area contributed by atoms with Crippen molar-refractivity contribution in [2.75, 3.05) is 31.6 Å². The van der Waals surface area contributed by atoms with Gasteiger partial charge in [0.2, 0.25) is 5.76 Å². The lowest BCUT2D eigenvalue weighted by Crippen LogP contribution is -2.40. The Bertz CT molecular complexity index is 1080. The van der Waals surface area contributed by atoms with Gasteiger partial charge in [-0.2, -0.15) is 0 Å². The molecule has 162 valence electrons. The van der Waals surface area contributed by atoms with Crippen LogP contribution in [-0.4, -0.2) is 43.0 Å². The minimum absolute atomic E-state index is 0.181. The van der Waals surface area contributed by atoms with Crippen LogP contribution in [0.15, 0.2) is 34.7 Å². The first-order chi connectivity index (χ1) is 15.2. The van der Waals surface area contributed by atoms with Crippen molar-refractivity contribution in [2.45, 2.75) is 38.5 Å². The van der Waals surface area contributed by atoms with Gasteiger partial charge in [-0.05, 0) is 49.4 Å². The number of nitrogens with one attached hydrogen (secondary N) is 1. The highest BCUT2D eigenvalue weighted by Crippen LogP contribution is 2.34. The number of hydrogen-bond acceptors (Lipinski definition) is 5. The van der Waals surface area contributed by atoms with Crippen LogP contribution in [0.3, 0.4) is 0 Å². The third-order valence-electron chi connectivity index (χ3n) is 6.05. The van der Waals surface area contributed by atoms with Gasteiger partial charge in [0.05, 0.1) is 18.1 Å². The molecule has 2 amide bonds. The summed E-state index contributed by atoms with van der Waals surface area (Å²) in [6.07, 6.45) is 6.95. The van der Waals surface area contributed by atoms with Crippen molar-refractivity contribution in [2.24, 2.45) is 0 Å². The summed E-state index contributed by atoms with van der Waals surface area (Å²) in [5, 5.41) is 3.75. The number of aryl methyl sites for hydroxylation is 2. The Labute approximate surface area is 185 Å². The molecule has 0 saturated carbocycles. The first kappa shape index (κ1) is 20.3. The van der Waals surface area contributed by atoms with Crippen LogP contribution in [0.25, 0.3) is 11.0 Å². The number of carbonyl (C=O) groups is 2. The Morgan fingerprint density at radius 2 is 1.77 bits per heavy atom. The Kier molecular flexibility index (Phi) is 5.78. The molecule has 1 saturated heterocycles. The molecule has 6 nitrogen and oxygen atoms in total. The second-order valence-corrected chi connectivity index (χ2v) is 9.27. The predicted molar refractivity (Wildman–Crippen MR) is 121 cm³/mol. The number of para-hydroxylation sites is 1. The predicted octanol–water partition coefficient (Wildman–Crippen LogP) is 4.88. The summed E-state index contributed by atoms with van der Waals surface area (Å²) < 4.78 is 11.3. The number of thiophene rings is 1. The van der Waals surface area contributed by atoms with E-state index in [0.717, 1.165) is 18.2 Å². The van der Waals surface area contributed by atoms with E-state index in [1.165, 1.54) is 36.1 Å². The van der Waals surface area contributed by atoms with Crippen molar-refractivity contribution in [1.29, 1.82) is 0 Å². The average Bonchev–Trinajstić information content (AvgIpc) is 3.35. The Morgan fingerprint density at radius 1 is 1.00 bits per heavy atom. The number of benzene rings is 1. The van der Waals surface area contributed by atoms with E-state index in [-0.39, 0.29) is 17.6 Å². The molecule has 2 aliphatic rings. The third-order valence-corrected chi connectivity index (χ3v) is 7.28. The minimum atomic E-state index is -0.215. The molecular weight excluding hydrogens is 412 g/mol. The standard InChI is InChI=1S/C24H26N2O4S/c27-23(20-15-16-7-3-1-2-4-10-19(16)31-20)25-21-17-8-5-6-9-18(17)30-22(21)24(28)26-11-13-29-14-12-26/h5-6,8-9,15H,1-4,7,10-14H2,(H,25,27). The van der Waals surface area contributed by atoms with Gasteiger partial charge in [-0.25, -0.2) is 0 Å². The molecule has 1 N–H and O–H groups in total. The lowest BCUT2D eigenvalue weighted by Gasteiger charge is -2.26. The molecule has 3 aromatic rings. The van der Waals surface area contributed by atoms with Gasteiger partial charge >= 0.3 is 0 Å². The van der Waals surface area contributed by atoms with Crippen molar-refractivity contribution in [3.05, 3.63) is 51.4 Å². The van der Waals surface area contributed by atoms with Crippen LogP contribution in [-0.2, 0) is 17.6 Å². The molecule has 0 radical (unpaired) electrons. The van der Waals surface area contributed by atoms with Crippen LogP contribution in [0, 0.1) is 0 Å². The normalized spacial score (nSPS) is 17.1. The second kappa shape index (κ2) is 8.85. The molecule has 7 heteroatoms. The summed E-state index contributed by atoms with van der Waals surface area (Å²) in [5.74, 6) is -0.209. The topological polar surface area (TPSA) is 71.8 Å². The molecule has 1 aliphatic heterocycles. The summed E-state index contributed by atoms with van der Waals surface area (Å²) in [6.45, 7) is 2.05. The minimum Gasteiger partial charge on any atom is -0.449 e. The van der Waals surface area contributed by atoms with Gasteiger partial charge in [0.1, 0.15) is 11.3 Å².